The quantitative estimate of drug-likeness (QED) is 0.913. The van der Waals surface area contributed by atoms with Gasteiger partial charge >= 0.3 is 6.18 Å². The van der Waals surface area contributed by atoms with E-state index in [-0.39, 0.29) is 24.8 Å². The van der Waals surface area contributed by atoms with Gasteiger partial charge in [-0.05, 0) is 6.07 Å². The maximum atomic E-state index is 12.3. The van der Waals surface area contributed by atoms with Crippen molar-refractivity contribution in [1.82, 2.24) is 19.9 Å². The first-order valence-electron chi connectivity index (χ1n) is 4.91. The van der Waals surface area contributed by atoms with Gasteiger partial charge in [0.25, 0.3) is 0 Å². The molecule has 0 bridgehead atoms. The van der Waals surface area contributed by atoms with Crippen LogP contribution >= 0.6 is 12.4 Å². The van der Waals surface area contributed by atoms with Crippen LogP contribution in [0.2, 0.25) is 0 Å². The summed E-state index contributed by atoms with van der Waals surface area (Å²) < 4.78 is 37.0. The molecule has 0 saturated heterocycles. The van der Waals surface area contributed by atoms with Gasteiger partial charge < -0.3 is 5.73 Å². The summed E-state index contributed by atoms with van der Waals surface area (Å²) in [5, 5.41) is 0. The first-order valence-corrected chi connectivity index (χ1v) is 4.91. The molecule has 0 fully saturated rings. The molecular formula is C10H9ClF3N5. The fourth-order valence-corrected chi connectivity index (χ4v) is 1.24. The van der Waals surface area contributed by atoms with Crippen molar-refractivity contribution in [3.05, 3.63) is 36.0 Å². The first-order chi connectivity index (χ1) is 8.50. The molecule has 2 N–H and O–H groups in total. The third-order valence-electron chi connectivity index (χ3n) is 2.14. The summed E-state index contributed by atoms with van der Waals surface area (Å²) in [5.74, 6) is 0.0973. The van der Waals surface area contributed by atoms with Crippen LogP contribution in [-0.4, -0.2) is 19.9 Å². The minimum absolute atomic E-state index is 0. The smallest absolute Gasteiger partial charge is 0.325 e. The summed E-state index contributed by atoms with van der Waals surface area (Å²) in [6, 6.07) is 1.53. The maximum Gasteiger partial charge on any atom is 0.419 e. The highest BCUT2D eigenvalue weighted by atomic mass is 35.5. The lowest BCUT2D eigenvalue weighted by Gasteiger charge is -2.06. The van der Waals surface area contributed by atoms with Gasteiger partial charge in [-0.15, -0.1) is 12.4 Å². The SMILES string of the molecule is Cl.NCc1cc(-c2ncc(C(F)(F)F)cn2)ncn1. The minimum atomic E-state index is -4.45. The summed E-state index contributed by atoms with van der Waals surface area (Å²) in [4.78, 5) is 15.0. The summed E-state index contributed by atoms with van der Waals surface area (Å²) in [5.41, 5.74) is 5.39. The molecule has 5 nitrogen and oxygen atoms in total. The normalized spacial score (nSPS) is 10.9. The molecule has 19 heavy (non-hydrogen) atoms. The van der Waals surface area contributed by atoms with Crippen molar-refractivity contribution < 1.29 is 13.2 Å². The van der Waals surface area contributed by atoms with Gasteiger partial charge in [-0.1, -0.05) is 0 Å². The van der Waals surface area contributed by atoms with Gasteiger partial charge in [0.1, 0.15) is 12.0 Å². The fraction of sp³-hybridized carbons (Fsp3) is 0.200. The summed E-state index contributed by atoms with van der Waals surface area (Å²) in [7, 11) is 0. The molecule has 0 amide bonds. The molecular weight excluding hydrogens is 283 g/mol. The highest BCUT2D eigenvalue weighted by Gasteiger charge is 2.31. The lowest BCUT2D eigenvalue weighted by atomic mass is 10.3. The molecule has 2 heterocycles. The fourth-order valence-electron chi connectivity index (χ4n) is 1.24. The Balaban J connectivity index is 0.00000180. The van der Waals surface area contributed by atoms with Crippen LogP contribution in [0.1, 0.15) is 11.3 Å². The molecule has 0 aliphatic rings. The predicted octanol–water partition coefficient (Wildman–Crippen LogP) is 1.83. The van der Waals surface area contributed by atoms with E-state index in [1.54, 1.807) is 0 Å². The number of alkyl halides is 3. The van der Waals surface area contributed by atoms with Gasteiger partial charge in [0.05, 0.1) is 11.3 Å². The van der Waals surface area contributed by atoms with Crippen LogP contribution in [0.25, 0.3) is 11.5 Å². The molecule has 2 rings (SSSR count). The Kier molecular flexibility index (Phi) is 4.73. The molecule has 0 unspecified atom stereocenters. The molecule has 0 radical (unpaired) electrons. The van der Waals surface area contributed by atoms with Gasteiger partial charge in [-0.25, -0.2) is 19.9 Å². The first kappa shape index (κ1) is 15.3. The Morgan fingerprint density at radius 2 is 1.68 bits per heavy atom. The van der Waals surface area contributed by atoms with Crippen molar-refractivity contribution in [3.8, 4) is 11.5 Å². The average molecular weight is 292 g/mol. The molecule has 2 aromatic heterocycles. The third kappa shape index (κ3) is 3.58. The molecule has 0 aliphatic heterocycles. The van der Waals surface area contributed by atoms with Crippen LogP contribution in [0.5, 0.6) is 0 Å². The zero-order chi connectivity index (χ0) is 13.2. The van der Waals surface area contributed by atoms with Crippen LogP contribution in [0, 0.1) is 0 Å². The highest BCUT2D eigenvalue weighted by Crippen LogP contribution is 2.28. The van der Waals surface area contributed by atoms with E-state index in [1.165, 1.54) is 12.4 Å². The number of hydrogen-bond acceptors (Lipinski definition) is 5. The minimum Gasteiger partial charge on any atom is -0.325 e. The second-order valence-electron chi connectivity index (χ2n) is 3.39. The summed E-state index contributed by atoms with van der Waals surface area (Å²) in [6.07, 6.45) is -1.76. The van der Waals surface area contributed by atoms with E-state index >= 15 is 0 Å². The van der Waals surface area contributed by atoms with Gasteiger partial charge in [-0.2, -0.15) is 13.2 Å². The molecule has 0 aliphatic carbocycles. The van der Waals surface area contributed by atoms with Gasteiger partial charge in [-0.3, -0.25) is 0 Å². The Morgan fingerprint density at radius 3 is 2.21 bits per heavy atom. The monoisotopic (exact) mass is 291 g/mol. The molecule has 0 spiro atoms. The summed E-state index contributed by atoms with van der Waals surface area (Å²) in [6.45, 7) is 0.205. The molecule has 0 aromatic carbocycles. The number of rotatable bonds is 2. The van der Waals surface area contributed by atoms with Crippen molar-refractivity contribution in [2.45, 2.75) is 12.7 Å². The highest BCUT2D eigenvalue weighted by molar-refractivity contribution is 5.85. The molecule has 9 heteroatoms. The molecule has 0 saturated carbocycles. The number of hydrogen-bond donors (Lipinski definition) is 1. The van der Waals surface area contributed by atoms with E-state index in [0.717, 1.165) is 0 Å². The van der Waals surface area contributed by atoms with Crippen molar-refractivity contribution in [1.29, 1.82) is 0 Å². The number of aromatic nitrogens is 4. The zero-order valence-electron chi connectivity index (χ0n) is 9.42. The van der Waals surface area contributed by atoms with Crippen molar-refractivity contribution >= 4 is 12.4 Å². The van der Waals surface area contributed by atoms with E-state index < -0.39 is 11.7 Å². The topological polar surface area (TPSA) is 77.6 Å². The van der Waals surface area contributed by atoms with E-state index in [4.69, 9.17) is 5.73 Å². The maximum absolute atomic E-state index is 12.3. The van der Waals surface area contributed by atoms with E-state index in [9.17, 15) is 13.2 Å². The van der Waals surface area contributed by atoms with Gasteiger partial charge in [0, 0.05) is 18.9 Å². The Bertz CT molecular complexity index is 544. The van der Waals surface area contributed by atoms with Gasteiger partial charge in [0.2, 0.25) is 0 Å². The number of nitrogens with two attached hydrogens (primary N) is 1. The molecule has 102 valence electrons. The van der Waals surface area contributed by atoms with E-state index in [2.05, 4.69) is 19.9 Å². The number of nitrogens with zero attached hydrogens (tertiary/aromatic N) is 4. The second-order valence-corrected chi connectivity index (χ2v) is 3.39. The van der Waals surface area contributed by atoms with Crippen LogP contribution < -0.4 is 5.73 Å². The Labute approximate surface area is 112 Å². The predicted molar refractivity (Wildman–Crippen MR) is 63.2 cm³/mol. The van der Waals surface area contributed by atoms with Gasteiger partial charge in [0.15, 0.2) is 5.82 Å². The zero-order valence-corrected chi connectivity index (χ0v) is 10.2. The van der Waals surface area contributed by atoms with Crippen LogP contribution in [0.4, 0.5) is 13.2 Å². The van der Waals surface area contributed by atoms with Crippen molar-refractivity contribution in [2.24, 2.45) is 5.73 Å². The summed E-state index contributed by atoms with van der Waals surface area (Å²) >= 11 is 0. The second kappa shape index (κ2) is 5.89. The van der Waals surface area contributed by atoms with Crippen molar-refractivity contribution in [2.75, 3.05) is 0 Å². The average Bonchev–Trinajstić information content (AvgIpc) is 2.38. The lowest BCUT2D eigenvalue weighted by molar-refractivity contribution is -0.138. The Hall–Kier alpha value is -1.80. The molecule has 2 aromatic rings. The van der Waals surface area contributed by atoms with E-state index in [1.807, 2.05) is 0 Å². The van der Waals surface area contributed by atoms with Crippen LogP contribution in [0.15, 0.2) is 24.8 Å². The largest absolute Gasteiger partial charge is 0.419 e. The lowest BCUT2D eigenvalue weighted by Crippen LogP contribution is -2.07. The van der Waals surface area contributed by atoms with E-state index in [0.29, 0.717) is 23.8 Å². The van der Waals surface area contributed by atoms with Crippen LogP contribution in [0.3, 0.4) is 0 Å². The molecule has 0 atom stereocenters. The standard InChI is InChI=1S/C10H8F3N5.ClH/c11-10(12,13)6-3-15-9(16-4-6)8-1-7(2-14)17-5-18-8;/h1,3-5H,2,14H2;1H. The Morgan fingerprint density at radius 1 is 1.05 bits per heavy atom. The van der Waals surface area contributed by atoms with Crippen LogP contribution in [-0.2, 0) is 12.7 Å². The number of halogens is 4. The third-order valence-corrected chi connectivity index (χ3v) is 2.14. The van der Waals surface area contributed by atoms with Crippen molar-refractivity contribution in [3.63, 3.8) is 0 Å².